The third-order valence-corrected chi connectivity index (χ3v) is 1.65. The van der Waals surface area contributed by atoms with E-state index < -0.39 is 11.6 Å². The molecule has 0 spiro atoms. The molecule has 0 radical (unpaired) electrons. The summed E-state index contributed by atoms with van der Waals surface area (Å²) in [6, 6.07) is 0. The maximum absolute atomic E-state index is 11.0. The summed E-state index contributed by atoms with van der Waals surface area (Å²) in [6.45, 7) is 0. The van der Waals surface area contributed by atoms with Crippen molar-refractivity contribution >= 4 is 5.97 Å². The molecule has 12 heavy (non-hydrogen) atoms. The Morgan fingerprint density at radius 1 is 1.75 bits per heavy atom. The molecule has 0 saturated carbocycles. The van der Waals surface area contributed by atoms with Gasteiger partial charge in [0.2, 0.25) is 0 Å². The molecule has 0 amide bonds. The van der Waals surface area contributed by atoms with E-state index in [0.717, 1.165) is 0 Å². The van der Waals surface area contributed by atoms with E-state index in [4.69, 9.17) is 5.11 Å². The summed E-state index contributed by atoms with van der Waals surface area (Å²) in [5.74, 6) is -0.802. The number of carbonyl (C=O) groups is 1. The smallest absolute Gasteiger partial charge is 0.342 e. The van der Waals surface area contributed by atoms with Gasteiger partial charge in [0.25, 0.3) is 0 Å². The first-order valence-electron chi connectivity index (χ1n) is 3.46. The van der Waals surface area contributed by atoms with Crippen LogP contribution in [0.2, 0.25) is 0 Å². The zero-order valence-corrected chi connectivity index (χ0v) is 6.65. The van der Waals surface area contributed by atoms with Crippen molar-refractivity contribution in [1.29, 1.82) is 0 Å². The molecule has 0 aromatic heterocycles. The standard InChI is InChI=1S/C8H10O4/c1-12-7(10)8(11)4-2-3-6(9)5-8/h2-4,9,11H,5H2,1H3. The van der Waals surface area contributed by atoms with Crippen LogP contribution < -0.4 is 0 Å². The van der Waals surface area contributed by atoms with Gasteiger partial charge in [0.05, 0.1) is 12.9 Å². The van der Waals surface area contributed by atoms with Gasteiger partial charge in [-0.05, 0) is 12.2 Å². The minimum atomic E-state index is -1.70. The molecule has 1 unspecified atom stereocenters. The summed E-state index contributed by atoms with van der Waals surface area (Å²) in [7, 11) is 1.18. The SMILES string of the molecule is COC(=O)C1(O)C=CC=C(O)C1. The number of hydrogen-bond donors (Lipinski definition) is 2. The number of allylic oxidation sites excluding steroid dienone is 2. The van der Waals surface area contributed by atoms with Gasteiger partial charge >= 0.3 is 5.97 Å². The zero-order valence-electron chi connectivity index (χ0n) is 6.65. The Morgan fingerprint density at radius 3 is 2.92 bits per heavy atom. The van der Waals surface area contributed by atoms with Gasteiger partial charge in [-0.2, -0.15) is 0 Å². The second-order valence-electron chi connectivity index (χ2n) is 2.61. The van der Waals surface area contributed by atoms with Crippen LogP contribution in [-0.4, -0.2) is 28.9 Å². The van der Waals surface area contributed by atoms with Crippen LogP contribution in [0.1, 0.15) is 6.42 Å². The number of carbonyl (C=O) groups excluding carboxylic acids is 1. The summed E-state index contributed by atoms with van der Waals surface area (Å²) < 4.78 is 4.36. The Kier molecular flexibility index (Phi) is 2.19. The summed E-state index contributed by atoms with van der Waals surface area (Å²) >= 11 is 0. The van der Waals surface area contributed by atoms with Crippen LogP contribution >= 0.6 is 0 Å². The molecular formula is C8H10O4. The normalized spacial score (nSPS) is 28.0. The molecule has 0 fully saturated rings. The average Bonchev–Trinajstić information content (AvgIpc) is 2.02. The molecule has 66 valence electrons. The molecule has 0 aromatic rings. The monoisotopic (exact) mass is 170 g/mol. The second-order valence-corrected chi connectivity index (χ2v) is 2.61. The van der Waals surface area contributed by atoms with Crippen molar-refractivity contribution < 1.29 is 19.7 Å². The Morgan fingerprint density at radius 2 is 2.42 bits per heavy atom. The molecule has 1 rings (SSSR count). The predicted molar refractivity (Wildman–Crippen MR) is 41.4 cm³/mol. The van der Waals surface area contributed by atoms with E-state index in [9.17, 15) is 9.90 Å². The van der Waals surface area contributed by atoms with E-state index in [2.05, 4.69) is 4.74 Å². The van der Waals surface area contributed by atoms with E-state index >= 15 is 0 Å². The third-order valence-electron chi connectivity index (χ3n) is 1.65. The Labute approximate surface area is 69.8 Å². The van der Waals surface area contributed by atoms with E-state index in [-0.39, 0.29) is 12.2 Å². The number of ether oxygens (including phenoxy) is 1. The van der Waals surface area contributed by atoms with Crippen LogP contribution in [0.5, 0.6) is 0 Å². The number of methoxy groups -OCH3 is 1. The van der Waals surface area contributed by atoms with Crippen molar-refractivity contribution in [3.63, 3.8) is 0 Å². The lowest BCUT2D eigenvalue weighted by Crippen LogP contribution is -2.38. The average molecular weight is 170 g/mol. The highest BCUT2D eigenvalue weighted by molar-refractivity contribution is 5.82. The number of aliphatic hydroxyl groups is 2. The molecule has 0 aliphatic heterocycles. The van der Waals surface area contributed by atoms with Crippen LogP contribution in [0, 0.1) is 0 Å². The molecule has 4 nitrogen and oxygen atoms in total. The van der Waals surface area contributed by atoms with Gasteiger partial charge in [0, 0.05) is 6.42 Å². The first kappa shape index (κ1) is 8.80. The Hall–Kier alpha value is -1.29. The lowest BCUT2D eigenvalue weighted by atomic mass is 9.94. The van der Waals surface area contributed by atoms with Crippen molar-refractivity contribution in [3.05, 3.63) is 24.0 Å². The summed E-state index contributed by atoms with van der Waals surface area (Å²) in [4.78, 5) is 11.0. The fraction of sp³-hybridized carbons (Fsp3) is 0.375. The van der Waals surface area contributed by atoms with Crippen molar-refractivity contribution in [2.45, 2.75) is 12.0 Å². The van der Waals surface area contributed by atoms with Crippen LogP contribution in [-0.2, 0) is 9.53 Å². The molecule has 0 heterocycles. The second kappa shape index (κ2) is 2.98. The summed E-state index contributed by atoms with van der Waals surface area (Å²) in [5, 5.41) is 18.6. The van der Waals surface area contributed by atoms with Crippen LogP contribution in [0.15, 0.2) is 24.0 Å². The molecular weight excluding hydrogens is 160 g/mol. The molecule has 2 N–H and O–H groups in total. The van der Waals surface area contributed by atoms with Gasteiger partial charge in [0.1, 0.15) is 0 Å². The largest absolute Gasteiger partial charge is 0.512 e. The minimum Gasteiger partial charge on any atom is -0.512 e. The number of esters is 1. The molecule has 1 aliphatic carbocycles. The quantitative estimate of drug-likeness (QED) is 0.555. The minimum absolute atomic E-state index is 0.0367. The van der Waals surface area contributed by atoms with Crippen LogP contribution in [0.3, 0.4) is 0 Å². The van der Waals surface area contributed by atoms with E-state index in [1.165, 1.54) is 25.3 Å². The van der Waals surface area contributed by atoms with Gasteiger partial charge in [-0.1, -0.05) is 6.08 Å². The predicted octanol–water partition coefficient (Wildman–Crippen LogP) is 0.292. The highest BCUT2D eigenvalue weighted by Crippen LogP contribution is 2.22. The van der Waals surface area contributed by atoms with Crippen molar-refractivity contribution in [2.75, 3.05) is 7.11 Å². The first-order chi connectivity index (χ1) is 5.58. The lowest BCUT2D eigenvalue weighted by Gasteiger charge is -2.22. The van der Waals surface area contributed by atoms with Gasteiger partial charge in [-0.15, -0.1) is 0 Å². The number of rotatable bonds is 1. The van der Waals surface area contributed by atoms with E-state index in [1.807, 2.05) is 0 Å². The highest BCUT2D eigenvalue weighted by atomic mass is 16.5. The molecule has 0 aromatic carbocycles. The van der Waals surface area contributed by atoms with E-state index in [0.29, 0.717) is 0 Å². The van der Waals surface area contributed by atoms with Crippen LogP contribution in [0.25, 0.3) is 0 Å². The third kappa shape index (κ3) is 1.48. The van der Waals surface area contributed by atoms with Gasteiger partial charge < -0.3 is 14.9 Å². The Bertz CT molecular complexity index is 254. The van der Waals surface area contributed by atoms with Crippen molar-refractivity contribution in [2.24, 2.45) is 0 Å². The number of hydrogen-bond acceptors (Lipinski definition) is 4. The fourth-order valence-electron chi connectivity index (χ4n) is 1.03. The molecule has 1 aliphatic rings. The lowest BCUT2D eigenvalue weighted by molar-refractivity contribution is -0.157. The fourth-order valence-corrected chi connectivity index (χ4v) is 1.03. The van der Waals surface area contributed by atoms with Gasteiger partial charge in [-0.25, -0.2) is 4.79 Å². The van der Waals surface area contributed by atoms with Crippen LogP contribution in [0.4, 0.5) is 0 Å². The maximum Gasteiger partial charge on any atom is 0.342 e. The summed E-state index contributed by atoms with van der Waals surface area (Å²) in [5.41, 5.74) is -1.70. The molecule has 4 heteroatoms. The molecule has 0 bridgehead atoms. The maximum atomic E-state index is 11.0. The zero-order chi connectivity index (χ0) is 9.19. The first-order valence-corrected chi connectivity index (χ1v) is 3.46. The Balaban J connectivity index is 2.82. The van der Waals surface area contributed by atoms with Crippen molar-refractivity contribution in [1.82, 2.24) is 0 Å². The van der Waals surface area contributed by atoms with Gasteiger partial charge in [0.15, 0.2) is 5.60 Å². The van der Waals surface area contributed by atoms with Gasteiger partial charge in [-0.3, -0.25) is 0 Å². The highest BCUT2D eigenvalue weighted by Gasteiger charge is 2.36. The topological polar surface area (TPSA) is 66.8 Å². The van der Waals surface area contributed by atoms with E-state index in [1.54, 1.807) is 0 Å². The summed E-state index contributed by atoms with van der Waals surface area (Å²) in [6.07, 6.45) is 3.99. The van der Waals surface area contributed by atoms with Crippen molar-refractivity contribution in [3.8, 4) is 0 Å². The number of aliphatic hydroxyl groups excluding tert-OH is 1. The molecule has 1 atom stereocenters. The molecule has 0 saturated heterocycles.